The first-order valence-electron chi connectivity index (χ1n) is 7.70. The molecule has 2 fully saturated rings. The number of piperazine rings is 1. The van der Waals surface area contributed by atoms with Crippen molar-refractivity contribution in [3.8, 4) is 0 Å². The second-order valence-electron chi connectivity index (χ2n) is 7.11. The minimum atomic E-state index is 0.295. The molecule has 0 aromatic heterocycles. The lowest BCUT2D eigenvalue weighted by Crippen LogP contribution is -2.59. The molecule has 2 unspecified atom stereocenters. The molecule has 0 bridgehead atoms. The fraction of sp³-hybridized carbons (Fsp3) is 1.00. The second kappa shape index (κ2) is 5.89. The van der Waals surface area contributed by atoms with Gasteiger partial charge in [0.05, 0.1) is 0 Å². The molecule has 2 rings (SSSR count). The Bertz CT molecular complexity index is 264. The molecule has 0 amide bonds. The largest absolute Gasteiger partial charge is 0.330 e. The standard InChI is InChI=1S/C15H31N3/c1-13-10-18-8-5-4-6-14(18)11-17(13)9-7-15(2,3)12-16/h13-14H,4-12,16H2,1-3H3. The molecule has 2 aliphatic heterocycles. The highest BCUT2D eigenvalue weighted by Crippen LogP contribution is 2.26. The summed E-state index contributed by atoms with van der Waals surface area (Å²) in [5, 5.41) is 0. The Labute approximate surface area is 113 Å². The van der Waals surface area contributed by atoms with Crippen molar-refractivity contribution in [3.05, 3.63) is 0 Å². The SMILES string of the molecule is CC1CN2CCCCC2CN1CCC(C)(C)CN. The lowest BCUT2D eigenvalue weighted by atomic mass is 9.88. The van der Waals surface area contributed by atoms with E-state index in [1.807, 2.05) is 0 Å². The first-order chi connectivity index (χ1) is 8.52. The number of piperidine rings is 1. The van der Waals surface area contributed by atoms with Crippen molar-refractivity contribution in [2.45, 2.75) is 58.5 Å². The second-order valence-corrected chi connectivity index (χ2v) is 7.11. The normalized spacial score (nSPS) is 31.3. The molecule has 18 heavy (non-hydrogen) atoms. The maximum atomic E-state index is 5.84. The molecule has 106 valence electrons. The number of nitrogens with zero attached hydrogens (tertiary/aromatic N) is 2. The predicted molar refractivity (Wildman–Crippen MR) is 77.7 cm³/mol. The number of fused-ring (bicyclic) bond motifs is 1. The van der Waals surface area contributed by atoms with E-state index >= 15 is 0 Å². The summed E-state index contributed by atoms with van der Waals surface area (Å²) in [6, 6.07) is 1.55. The smallest absolute Gasteiger partial charge is 0.0223 e. The van der Waals surface area contributed by atoms with E-state index in [9.17, 15) is 0 Å². The molecule has 0 aliphatic carbocycles. The average Bonchev–Trinajstić information content (AvgIpc) is 2.36. The Morgan fingerprint density at radius 3 is 2.72 bits per heavy atom. The molecule has 0 saturated carbocycles. The number of rotatable bonds is 4. The molecule has 3 heteroatoms. The maximum Gasteiger partial charge on any atom is 0.0223 e. The Balaban J connectivity index is 1.85. The van der Waals surface area contributed by atoms with Gasteiger partial charge < -0.3 is 5.73 Å². The third kappa shape index (κ3) is 3.46. The number of hydrogen-bond acceptors (Lipinski definition) is 3. The van der Waals surface area contributed by atoms with E-state index < -0.39 is 0 Å². The summed E-state index contributed by atoms with van der Waals surface area (Å²) < 4.78 is 0. The van der Waals surface area contributed by atoms with Gasteiger partial charge in [0.25, 0.3) is 0 Å². The van der Waals surface area contributed by atoms with Gasteiger partial charge in [0, 0.05) is 25.2 Å². The summed E-state index contributed by atoms with van der Waals surface area (Å²) in [6.45, 7) is 12.9. The lowest BCUT2D eigenvalue weighted by Gasteiger charge is -2.48. The highest BCUT2D eigenvalue weighted by molar-refractivity contribution is 4.89. The Hall–Kier alpha value is -0.120. The molecule has 2 saturated heterocycles. The van der Waals surface area contributed by atoms with Crippen LogP contribution in [0.2, 0.25) is 0 Å². The number of nitrogens with two attached hydrogens (primary N) is 1. The molecule has 2 heterocycles. The van der Waals surface area contributed by atoms with E-state index in [2.05, 4.69) is 30.6 Å². The Morgan fingerprint density at radius 2 is 2.00 bits per heavy atom. The van der Waals surface area contributed by atoms with Crippen molar-refractivity contribution in [1.82, 2.24) is 9.80 Å². The molecule has 2 aliphatic rings. The van der Waals surface area contributed by atoms with Crippen LogP contribution in [0.5, 0.6) is 0 Å². The first kappa shape index (κ1) is 14.3. The van der Waals surface area contributed by atoms with Gasteiger partial charge in [-0.15, -0.1) is 0 Å². The summed E-state index contributed by atoms with van der Waals surface area (Å²) in [4.78, 5) is 5.42. The molecule has 0 aromatic rings. The maximum absolute atomic E-state index is 5.84. The zero-order chi connectivity index (χ0) is 13.2. The van der Waals surface area contributed by atoms with Crippen LogP contribution in [-0.2, 0) is 0 Å². The van der Waals surface area contributed by atoms with Gasteiger partial charge >= 0.3 is 0 Å². The van der Waals surface area contributed by atoms with Crippen LogP contribution in [-0.4, -0.2) is 54.6 Å². The molecule has 2 atom stereocenters. The Morgan fingerprint density at radius 1 is 1.22 bits per heavy atom. The summed E-state index contributed by atoms with van der Waals surface area (Å²) in [5.41, 5.74) is 6.13. The van der Waals surface area contributed by atoms with Crippen LogP contribution in [0.15, 0.2) is 0 Å². The molecule has 0 spiro atoms. The monoisotopic (exact) mass is 253 g/mol. The van der Waals surface area contributed by atoms with Gasteiger partial charge in [0.2, 0.25) is 0 Å². The van der Waals surface area contributed by atoms with Crippen LogP contribution in [0.4, 0.5) is 0 Å². The molecule has 2 N–H and O–H groups in total. The van der Waals surface area contributed by atoms with Gasteiger partial charge in [-0.2, -0.15) is 0 Å². The van der Waals surface area contributed by atoms with Gasteiger partial charge in [-0.3, -0.25) is 9.80 Å². The molecular formula is C15H31N3. The lowest BCUT2D eigenvalue weighted by molar-refractivity contribution is 0.0104. The van der Waals surface area contributed by atoms with Gasteiger partial charge in [-0.1, -0.05) is 20.3 Å². The summed E-state index contributed by atoms with van der Waals surface area (Å²) in [6.07, 6.45) is 5.46. The molecule has 0 aromatic carbocycles. The summed E-state index contributed by atoms with van der Waals surface area (Å²) in [5.74, 6) is 0. The van der Waals surface area contributed by atoms with E-state index in [-0.39, 0.29) is 0 Å². The van der Waals surface area contributed by atoms with Crippen molar-refractivity contribution in [2.24, 2.45) is 11.1 Å². The van der Waals surface area contributed by atoms with Crippen LogP contribution in [0, 0.1) is 5.41 Å². The van der Waals surface area contributed by atoms with E-state index in [0.29, 0.717) is 11.5 Å². The van der Waals surface area contributed by atoms with Gasteiger partial charge in [0.1, 0.15) is 0 Å². The number of hydrogen-bond donors (Lipinski definition) is 1. The topological polar surface area (TPSA) is 32.5 Å². The van der Waals surface area contributed by atoms with E-state index in [1.165, 1.54) is 51.9 Å². The third-order valence-electron chi connectivity index (χ3n) is 4.94. The van der Waals surface area contributed by atoms with E-state index in [4.69, 9.17) is 5.73 Å². The fourth-order valence-corrected chi connectivity index (χ4v) is 3.27. The zero-order valence-corrected chi connectivity index (χ0v) is 12.5. The van der Waals surface area contributed by atoms with Crippen LogP contribution >= 0.6 is 0 Å². The van der Waals surface area contributed by atoms with Crippen molar-refractivity contribution < 1.29 is 0 Å². The third-order valence-corrected chi connectivity index (χ3v) is 4.94. The quantitative estimate of drug-likeness (QED) is 0.831. The van der Waals surface area contributed by atoms with Crippen molar-refractivity contribution in [3.63, 3.8) is 0 Å². The van der Waals surface area contributed by atoms with Gasteiger partial charge in [0.15, 0.2) is 0 Å². The van der Waals surface area contributed by atoms with Crippen molar-refractivity contribution in [2.75, 3.05) is 32.7 Å². The van der Waals surface area contributed by atoms with Crippen LogP contribution < -0.4 is 5.73 Å². The minimum absolute atomic E-state index is 0.295. The highest BCUT2D eigenvalue weighted by Gasteiger charge is 2.33. The molecule has 0 radical (unpaired) electrons. The summed E-state index contributed by atoms with van der Waals surface area (Å²) in [7, 11) is 0. The highest BCUT2D eigenvalue weighted by atomic mass is 15.3. The van der Waals surface area contributed by atoms with Crippen LogP contribution in [0.3, 0.4) is 0 Å². The van der Waals surface area contributed by atoms with E-state index in [0.717, 1.165) is 12.6 Å². The van der Waals surface area contributed by atoms with Crippen molar-refractivity contribution >= 4 is 0 Å². The first-order valence-corrected chi connectivity index (χ1v) is 7.70. The van der Waals surface area contributed by atoms with Crippen LogP contribution in [0.25, 0.3) is 0 Å². The minimum Gasteiger partial charge on any atom is -0.330 e. The van der Waals surface area contributed by atoms with E-state index in [1.54, 1.807) is 0 Å². The Kier molecular flexibility index (Phi) is 4.68. The van der Waals surface area contributed by atoms with Crippen molar-refractivity contribution in [1.29, 1.82) is 0 Å². The van der Waals surface area contributed by atoms with Gasteiger partial charge in [-0.05, 0) is 51.2 Å². The van der Waals surface area contributed by atoms with Crippen LogP contribution in [0.1, 0.15) is 46.5 Å². The fourth-order valence-electron chi connectivity index (χ4n) is 3.27. The molecular weight excluding hydrogens is 222 g/mol. The zero-order valence-electron chi connectivity index (χ0n) is 12.5. The summed E-state index contributed by atoms with van der Waals surface area (Å²) >= 11 is 0. The average molecular weight is 253 g/mol. The molecule has 3 nitrogen and oxygen atoms in total. The van der Waals surface area contributed by atoms with Gasteiger partial charge in [-0.25, -0.2) is 0 Å². The predicted octanol–water partition coefficient (Wildman–Crippen LogP) is 1.92.